The summed E-state index contributed by atoms with van der Waals surface area (Å²) in [5.41, 5.74) is 0. The van der Waals surface area contributed by atoms with E-state index in [0.29, 0.717) is 11.8 Å². The second-order valence-electron chi connectivity index (χ2n) is 4.49. The Bertz CT molecular complexity index is 203. The van der Waals surface area contributed by atoms with Gasteiger partial charge in [-0.3, -0.25) is 10.1 Å². The summed E-state index contributed by atoms with van der Waals surface area (Å²) in [4.78, 5) is 10.8. The summed E-state index contributed by atoms with van der Waals surface area (Å²) in [6.07, 6.45) is 8.01. The lowest BCUT2D eigenvalue weighted by molar-refractivity contribution is -0.538. The van der Waals surface area contributed by atoms with Crippen molar-refractivity contribution < 1.29 is 4.92 Å². The molecule has 3 heteroatoms. The van der Waals surface area contributed by atoms with E-state index in [2.05, 4.69) is 0 Å². The molecule has 2 unspecified atom stereocenters. The molecule has 2 aliphatic rings. The largest absolute Gasteiger partial charge is 0.264 e. The zero-order valence-electron chi connectivity index (χ0n) is 7.95. The maximum Gasteiger partial charge on any atom is 0.216 e. The van der Waals surface area contributed by atoms with Gasteiger partial charge in [-0.1, -0.05) is 12.8 Å². The third-order valence-electron chi connectivity index (χ3n) is 3.81. The van der Waals surface area contributed by atoms with E-state index >= 15 is 0 Å². The molecular weight excluding hydrogens is 166 g/mol. The highest BCUT2D eigenvalue weighted by Crippen LogP contribution is 2.41. The third-order valence-corrected chi connectivity index (χ3v) is 3.81. The van der Waals surface area contributed by atoms with E-state index in [0.717, 1.165) is 19.3 Å². The molecule has 0 heterocycles. The lowest BCUT2D eigenvalue weighted by atomic mass is 9.68. The smallest absolute Gasteiger partial charge is 0.216 e. The first kappa shape index (κ1) is 8.97. The lowest BCUT2D eigenvalue weighted by Gasteiger charge is -2.36. The van der Waals surface area contributed by atoms with Crippen molar-refractivity contribution in [3.63, 3.8) is 0 Å². The second-order valence-corrected chi connectivity index (χ2v) is 4.49. The van der Waals surface area contributed by atoms with Gasteiger partial charge in [-0.05, 0) is 31.6 Å². The topological polar surface area (TPSA) is 43.1 Å². The molecule has 0 aliphatic heterocycles. The molecule has 0 amide bonds. The van der Waals surface area contributed by atoms with Gasteiger partial charge in [0.05, 0.1) is 0 Å². The number of nitro groups is 1. The molecule has 0 aromatic carbocycles. The molecule has 2 saturated carbocycles. The number of fused-ring (bicyclic) bond motifs is 1. The van der Waals surface area contributed by atoms with Crippen LogP contribution in [0.15, 0.2) is 0 Å². The van der Waals surface area contributed by atoms with E-state index in [1.807, 2.05) is 0 Å². The van der Waals surface area contributed by atoms with Crippen molar-refractivity contribution in [3.05, 3.63) is 10.1 Å². The van der Waals surface area contributed by atoms with Crippen molar-refractivity contribution in [1.29, 1.82) is 0 Å². The van der Waals surface area contributed by atoms with E-state index in [4.69, 9.17) is 0 Å². The summed E-state index contributed by atoms with van der Waals surface area (Å²) < 4.78 is 0. The summed E-state index contributed by atoms with van der Waals surface area (Å²) in [6.45, 7) is 0. The quantitative estimate of drug-likeness (QED) is 0.463. The predicted molar refractivity (Wildman–Crippen MR) is 50.1 cm³/mol. The lowest BCUT2D eigenvalue weighted by Crippen LogP contribution is -2.39. The maximum atomic E-state index is 10.8. The Balaban J connectivity index is 2.06. The van der Waals surface area contributed by atoms with Gasteiger partial charge < -0.3 is 0 Å². The molecule has 0 saturated heterocycles. The zero-order chi connectivity index (χ0) is 9.26. The van der Waals surface area contributed by atoms with Crippen molar-refractivity contribution in [2.75, 3.05) is 0 Å². The van der Waals surface area contributed by atoms with Crippen LogP contribution in [0, 0.1) is 22.0 Å². The van der Waals surface area contributed by atoms with Crippen molar-refractivity contribution in [3.8, 4) is 0 Å². The number of hydrogen-bond acceptors (Lipinski definition) is 2. The number of hydrogen-bond donors (Lipinski definition) is 0. The fourth-order valence-electron chi connectivity index (χ4n) is 3.17. The van der Waals surface area contributed by atoms with Crippen LogP contribution in [-0.2, 0) is 0 Å². The molecule has 0 N–H and O–H groups in total. The van der Waals surface area contributed by atoms with Crippen LogP contribution in [0.25, 0.3) is 0 Å². The molecule has 0 bridgehead atoms. The van der Waals surface area contributed by atoms with Gasteiger partial charge in [-0.25, -0.2) is 0 Å². The van der Waals surface area contributed by atoms with E-state index < -0.39 is 0 Å². The van der Waals surface area contributed by atoms with Gasteiger partial charge in [0.15, 0.2) is 0 Å². The molecule has 2 fully saturated rings. The minimum Gasteiger partial charge on any atom is -0.264 e. The summed E-state index contributed by atoms with van der Waals surface area (Å²) in [5.74, 6) is 1.09. The third kappa shape index (κ3) is 1.69. The number of nitrogens with zero attached hydrogens (tertiary/aromatic N) is 1. The zero-order valence-corrected chi connectivity index (χ0v) is 7.95. The SMILES string of the molecule is O=[N+]([O-])[C@@H]1CCCC2CCCCC21. The van der Waals surface area contributed by atoms with Crippen LogP contribution >= 0.6 is 0 Å². The first-order chi connectivity index (χ1) is 6.29. The van der Waals surface area contributed by atoms with Gasteiger partial charge in [0.2, 0.25) is 6.04 Å². The molecule has 0 aromatic rings. The van der Waals surface area contributed by atoms with Crippen LogP contribution in [0.3, 0.4) is 0 Å². The van der Waals surface area contributed by atoms with E-state index in [1.54, 1.807) is 0 Å². The Labute approximate surface area is 78.7 Å². The minimum absolute atomic E-state index is 0.0256. The van der Waals surface area contributed by atoms with Crippen LogP contribution in [0.5, 0.6) is 0 Å². The van der Waals surface area contributed by atoms with E-state index in [1.165, 1.54) is 25.7 Å². The Hall–Kier alpha value is -0.600. The normalized spacial score (nSPS) is 39.5. The Kier molecular flexibility index (Phi) is 2.51. The van der Waals surface area contributed by atoms with Crippen LogP contribution in [0.2, 0.25) is 0 Å². The van der Waals surface area contributed by atoms with Gasteiger partial charge in [-0.2, -0.15) is 0 Å². The Morgan fingerprint density at radius 3 is 2.46 bits per heavy atom. The van der Waals surface area contributed by atoms with Crippen molar-refractivity contribution >= 4 is 0 Å². The standard InChI is InChI=1S/C10H17NO2/c12-11(13)10-7-3-5-8-4-1-2-6-9(8)10/h8-10H,1-7H2/t8?,9?,10-/m1/s1. The fraction of sp³-hybridized carbons (Fsp3) is 1.00. The molecule has 0 aromatic heterocycles. The average Bonchev–Trinajstić information content (AvgIpc) is 2.17. The van der Waals surface area contributed by atoms with Gasteiger partial charge in [0.1, 0.15) is 0 Å². The van der Waals surface area contributed by atoms with Crippen molar-refractivity contribution in [2.45, 2.75) is 51.0 Å². The monoisotopic (exact) mass is 183 g/mol. The first-order valence-electron chi connectivity index (χ1n) is 5.42. The maximum absolute atomic E-state index is 10.8. The van der Waals surface area contributed by atoms with Gasteiger partial charge >= 0.3 is 0 Å². The van der Waals surface area contributed by atoms with Crippen molar-refractivity contribution in [1.82, 2.24) is 0 Å². The first-order valence-corrected chi connectivity index (χ1v) is 5.42. The summed E-state index contributed by atoms with van der Waals surface area (Å²) in [7, 11) is 0. The van der Waals surface area contributed by atoms with Gasteiger partial charge in [0, 0.05) is 17.3 Å². The van der Waals surface area contributed by atoms with E-state index in [-0.39, 0.29) is 11.0 Å². The van der Waals surface area contributed by atoms with Crippen molar-refractivity contribution in [2.24, 2.45) is 11.8 Å². The molecule has 0 radical (unpaired) electrons. The molecule has 74 valence electrons. The highest BCUT2D eigenvalue weighted by atomic mass is 16.6. The summed E-state index contributed by atoms with van der Waals surface area (Å²) in [6, 6.07) is -0.209. The van der Waals surface area contributed by atoms with Crippen LogP contribution in [0.4, 0.5) is 0 Å². The molecule has 3 atom stereocenters. The Morgan fingerprint density at radius 2 is 1.69 bits per heavy atom. The summed E-state index contributed by atoms with van der Waals surface area (Å²) in [5, 5.41) is 10.8. The van der Waals surface area contributed by atoms with E-state index in [9.17, 15) is 10.1 Å². The molecule has 0 spiro atoms. The highest BCUT2D eigenvalue weighted by Gasteiger charge is 2.41. The van der Waals surface area contributed by atoms with Gasteiger partial charge in [-0.15, -0.1) is 0 Å². The van der Waals surface area contributed by atoms with Crippen LogP contribution in [0.1, 0.15) is 44.9 Å². The molecular formula is C10H17NO2. The molecule has 13 heavy (non-hydrogen) atoms. The molecule has 3 nitrogen and oxygen atoms in total. The molecule has 2 rings (SSSR count). The fourth-order valence-corrected chi connectivity index (χ4v) is 3.17. The predicted octanol–water partition coefficient (Wildman–Crippen LogP) is 2.62. The molecule has 2 aliphatic carbocycles. The minimum atomic E-state index is -0.209. The Morgan fingerprint density at radius 1 is 1.00 bits per heavy atom. The highest BCUT2D eigenvalue weighted by molar-refractivity contribution is 4.85. The van der Waals surface area contributed by atoms with Crippen LogP contribution in [-0.4, -0.2) is 11.0 Å². The average molecular weight is 183 g/mol. The number of rotatable bonds is 1. The summed E-state index contributed by atoms with van der Waals surface area (Å²) >= 11 is 0. The van der Waals surface area contributed by atoms with Crippen LogP contribution < -0.4 is 0 Å². The second kappa shape index (κ2) is 3.64. The van der Waals surface area contributed by atoms with Gasteiger partial charge in [0.25, 0.3) is 0 Å².